The summed E-state index contributed by atoms with van der Waals surface area (Å²) in [6, 6.07) is 27.8. The molecule has 0 spiro atoms. The molecule has 0 N–H and O–H groups in total. The molecule has 142 valence electrons. The van der Waals surface area contributed by atoms with Crippen molar-refractivity contribution in [3.8, 4) is 5.75 Å². The second kappa shape index (κ2) is 8.35. The van der Waals surface area contributed by atoms with Gasteiger partial charge in [0.15, 0.2) is 0 Å². The van der Waals surface area contributed by atoms with Gasteiger partial charge in [-0.3, -0.25) is 0 Å². The number of nitrogens with zero attached hydrogens (tertiary/aromatic N) is 1. The van der Waals surface area contributed by atoms with Gasteiger partial charge in [-0.2, -0.15) is 0 Å². The lowest BCUT2D eigenvalue weighted by Crippen LogP contribution is -1.99. The molecule has 0 atom stereocenters. The van der Waals surface area contributed by atoms with E-state index in [-0.39, 0.29) is 0 Å². The number of rotatable bonds is 7. The molecule has 0 aliphatic carbocycles. The summed E-state index contributed by atoms with van der Waals surface area (Å²) >= 11 is 0. The van der Waals surface area contributed by atoms with Crippen LogP contribution in [0.4, 0.5) is 0 Å². The molecule has 0 aliphatic rings. The molecule has 1 heterocycles. The molecule has 0 unspecified atom stereocenters. The van der Waals surface area contributed by atoms with Gasteiger partial charge in [-0.1, -0.05) is 68.4 Å². The molecule has 4 aromatic rings. The Balaban J connectivity index is 1.45. The van der Waals surface area contributed by atoms with Crippen LogP contribution in [0, 0.1) is 5.92 Å². The Kier molecular flexibility index (Phi) is 5.48. The molecule has 0 bridgehead atoms. The summed E-state index contributed by atoms with van der Waals surface area (Å²) in [5.74, 6) is 1.60. The van der Waals surface area contributed by atoms with Crippen LogP contribution in [-0.4, -0.2) is 4.57 Å². The Morgan fingerprint density at radius 3 is 2.29 bits per heavy atom. The monoisotopic (exact) mass is 369 g/mol. The highest BCUT2D eigenvalue weighted by Crippen LogP contribution is 2.24. The van der Waals surface area contributed by atoms with Crippen molar-refractivity contribution >= 4 is 10.9 Å². The van der Waals surface area contributed by atoms with Gasteiger partial charge in [-0.05, 0) is 53.3 Å². The van der Waals surface area contributed by atoms with Gasteiger partial charge in [0, 0.05) is 23.6 Å². The number of hydrogen-bond donors (Lipinski definition) is 0. The maximum atomic E-state index is 5.96. The number of ether oxygens (including phenoxy) is 1. The Morgan fingerprint density at radius 1 is 0.786 bits per heavy atom. The van der Waals surface area contributed by atoms with E-state index in [1.165, 1.54) is 27.6 Å². The number of hydrogen-bond acceptors (Lipinski definition) is 1. The van der Waals surface area contributed by atoms with Crippen LogP contribution < -0.4 is 4.74 Å². The van der Waals surface area contributed by atoms with E-state index in [0.29, 0.717) is 12.5 Å². The molecule has 3 aromatic carbocycles. The molecule has 2 nitrogen and oxygen atoms in total. The van der Waals surface area contributed by atoms with Crippen LogP contribution in [-0.2, 0) is 19.6 Å². The van der Waals surface area contributed by atoms with Crippen LogP contribution in [0.25, 0.3) is 10.9 Å². The Morgan fingerprint density at radius 2 is 1.54 bits per heavy atom. The van der Waals surface area contributed by atoms with E-state index in [9.17, 15) is 0 Å². The third kappa shape index (κ3) is 4.45. The predicted octanol–water partition coefficient (Wildman–Crippen LogP) is 6.47. The van der Waals surface area contributed by atoms with Gasteiger partial charge in [0.25, 0.3) is 0 Å². The molecule has 2 heteroatoms. The summed E-state index contributed by atoms with van der Waals surface area (Å²) in [7, 11) is 0. The third-order valence-electron chi connectivity index (χ3n) is 5.01. The number of fused-ring (bicyclic) bond motifs is 1. The molecular formula is C26H27NO. The van der Waals surface area contributed by atoms with E-state index in [1.54, 1.807) is 0 Å². The standard InChI is InChI=1S/C26H27NO/c1-20(2)16-21-8-10-22(11-9-21)18-27-15-14-24-17-25(12-13-26(24)27)28-19-23-6-4-3-5-7-23/h3-15,17,20H,16,18-19H2,1-2H3. The highest BCUT2D eigenvalue weighted by atomic mass is 16.5. The van der Waals surface area contributed by atoms with E-state index in [1.807, 2.05) is 18.2 Å². The second-order valence-electron chi connectivity index (χ2n) is 7.85. The van der Waals surface area contributed by atoms with Crippen LogP contribution in [0.3, 0.4) is 0 Å². The highest BCUT2D eigenvalue weighted by Gasteiger charge is 2.05. The lowest BCUT2D eigenvalue weighted by atomic mass is 10.0. The van der Waals surface area contributed by atoms with E-state index in [4.69, 9.17) is 4.74 Å². The Hall–Kier alpha value is -3.00. The minimum atomic E-state index is 0.593. The van der Waals surface area contributed by atoms with E-state index in [2.05, 4.69) is 85.3 Å². The molecule has 0 saturated carbocycles. The first-order chi connectivity index (χ1) is 13.7. The van der Waals surface area contributed by atoms with Gasteiger partial charge in [0.2, 0.25) is 0 Å². The largest absolute Gasteiger partial charge is 0.489 e. The molecule has 4 rings (SSSR count). The van der Waals surface area contributed by atoms with Crippen LogP contribution in [0.1, 0.15) is 30.5 Å². The topological polar surface area (TPSA) is 14.2 Å². The fraction of sp³-hybridized carbons (Fsp3) is 0.231. The second-order valence-corrected chi connectivity index (χ2v) is 7.85. The van der Waals surface area contributed by atoms with Gasteiger partial charge >= 0.3 is 0 Å². The van der Waals surface area contributed by atoms with Gasteiger partial charge in [-0.25, -0.2) is 0 Å². The lowest BCUT2D eigenvalue weighted by Gasteiger charge is -2.10. The van der Waals surface area contributed by atoms with E-state index in [0.717, 1.165) is 18.7 Å². The summed E-state index contributed by atoms with van der Waals surface area (Å²) in [6.07, 6.45) is 3.30. The van der Waals surface area contributed by atoms with Gasteiger partial charge < -0.3 is 9.30 Å². The molecule has 0 amide bonds. The van der Waals surface area contributed by atoms with Crippen molar-refractivity contribution in [2.45, 2.75) is 33.4 Å². The van der Waals surface area contributed by atoms with Crippen LogP contribution in [0.5, 0.6) is 5.75 Å². The molecule has 0 aliphatic heterocycles. The molecule has 1 aromatic heterocycles. The molecular weight excluding hydrogens is 342 g/mol. The molecule has 0 radical (unpaired) electrons. The van der Waals surface area contributed by atoms with Crippen LogP contribution in [0.2, 0.25) is 0 Å². The smallest absolute Gasteiger partial charge is 0.120 e. The van der Waals surface area contributed by atoms with Crippen molar-refractivity contribution in [1.29, 1.82) is 0 Å². The average Bonchev–Trinajstić information content (AvgIpc) is 3.10. The van der Waals surface area contributed by atoms with Crippen molar-refractivity contribution in [2.75, 3.05) is 0 Å². The number of benzene rings is 3. The quantitative estimate of drug-likeness (QED) is 0.364. The summed E-state index contributed by atoms with van der Waals surface area (Å²) in [5.41, 5.74) is 5.16. The zero-order valence-electron chi connectivity index (χ0n) is 16.6. The average molecular weight is 370 g/mol. The minimum Gasteiger partial charge on any atom is -0.489 e. The maximum Gasteiger partial charge on any atom is 0.120 e. The summed E-state index contributed by atoms with van der Waals surface area (Å²) < 4.78 is 8.26. The van der Waals surface area contributed by atoms with E-state index >= 15 is 0 Å². The van der Waals surface area contributed by atoms with Gasteiger partial charge in [0.1, 0.15) is 12.4 Å². The molecule has 28 heavy (non-hydrogen) atoms. The van der Waals surface area contributed by atoms with Gasteiger partial charge in [0.05, 0.1) is 0 Å². The first kappa shape index (κ1) is 18.4. The molecule has 0 saturated heterocycles. The lowest BCUT2D eigenvalue weighted by molar-refractivity contribution is 0.306. The van der Waals surface area contributed by atoms with Gasteiger partial charge in [-0.15, -0.1) is 0 Å². The SMILES string of the molecule is CC(C)Cc1ccc(Cn2ccc3cc(OCc4ccccc4)ccc32)cc1. The van der Waals surface area contributed by atoms with Crippen molar-refractivity contribution in [1.82, 2.24) is 4.57 Å². The third-order valence-corrected chi connectivity index (χ3v) is 5.01. The minimum absolute atomic E-state index is 0.593. The fourth-order valence-electron chi connectivity index (χ4n) is 3.60. The van der Waals surface area contributed by atoms with Crippen molar-refractivity contribution in [2.24, 2.45) is 5.92 Å². The van der Waals surface area contributed by atoms with Crippen LogP contribution in [0.15, 0.2) is 85.1 Å². The van der Waals surface area contributed by atoms with Crippen LogP contribution >= 0.6 is 0 Å². The first-order valence-corrected chi connectivity index (χ1v) is 10.0. The normalized spacial score (nSPS) is 11.2. The predicted molar refractivity (Wildman–Crippen MR) is 117 cm³/mol. The molecule has 0 fully saturated rings. The summed E-state index contributed by atoms with van der Waals surface area (Å²) in [5, 5.41) is 1.21. The van der Waals surface area contributed by atoms with E-state index < -0.39 is 0 Å². The Bertz CT molecular complexity index is 1030. The highest BCUT2D eigenvalue weighted by molar-refractivity contribution is 5.81. The number of aromatic nitrogens is 1. The zero-order chi connectivity index (χ0) is 19.3. The Labute approximate surface area is 167 Å². The fourth-order valence-corrected chi connectivity index (χ4v) is 3.60. The maximum absolute atomic E-state index is 5.96. The van der Waals surface area contributed by atoms with Crippen molar-refractivity contribution < 1.29 is 4.74 Å². The first-order valence-electron chi connectivity index (χ1n) is 10.0. The summed E-state index contributed by atoms with van der Waals surface area (Å²) in [6.45, 7) is 6.00. The van der Waals surface area contributed by atoms with Crippen molar-refractivity contribution in [3.63, 3.8) is 0 Å². The zero-order valence-corrected chi connectivity index (χ0v) is 16.6. The van der Waals surface area contributed by atoms with Crippen molar-refractivity contribution in [3.05, 3.63) is 102 Å². The summed E-state index contributed by atoms with van der Waals surface area (Å²) in [4.78, 5) is 0.